The number of benzene rings is 2. The Hall–Kier alpha value is -2.47. The van der Waals surface area contributed by atoms with Gasteiger partial charge in [0.05, 0.1) is 11.3 Å². The molecule has 0 aliphatic rings. The third kappa shape index (κ3) is 3.05. The third-order valence-electron chi connectivity index (χ3n) is 2.42. The molecule has 0 bridgehead atoms. The van der Waals surface area contributed by atoms with Crippen LogP contribution >= 0.6 is 0 Å². The minimum atomic E-state index is -0.743. The molecule has 3 N–H and O–H groups in total. The summed E-state index contributed by atoms with van der Waals surface area (Å²) in [4.78, 5) is 11.8. The molecule has 1 amide bonds. The van der Waals surface area contributed by atoms with Gasteiger partial charge in [0, 0.05) is 5.69 Å². The minimum Gasteiger partial charge on any atom is -0.322 e. The molecule has 98 valence electrons. The molecular weight excluding hydrogens is 254 g/mol. The smallest absolute Gasteiger partial charge is 0.258 e. The van der Waals surface area contributed by atoms with Crippen molar-refractivity contribution in [2.75, 3.05) is 10.8 Å². The molecule has 2 aromatic rings. The molecule has 0 spiro atoms. The highest BCUT2D eigenvalue weighted by molar-refractivity contribution is 6.05. The molecule has 0 aromatic heterocycles. The first-order valence-electron chi connectivity index (χ1n) is 5.37. The lowest BCUT2D eigenvalue weighted by Gasteiger charge is -2.07. The van der Waals surface area contributed by atoms with E-state index in [1.165, 1.54) is 24.3 Å². The Kier molecular flexibility index (Phi) is 3.72. The van der Waals surface area contributed by atoms with Crippen molar-refractivity contribution in [1.29, 1.82) is 0 Å². The number of carbonyl (C=O) groups is 1. The Bertz CT molecular complexity index is 617. The maximum atomic E-state index is 13.5. The van der Waals surface area contributed by atoms with Crippen LogP contribution in [0.3, 0.4) is 0 Å². The average molecular weight is 264 g/mol. The third-order valence-corrected chi connectivity index (χ3v) is 2.42. The quantitative estimate of drug-likeness (QED) is 0.747. The highest BCUT2D eigenvalue weighted by Gasteiger charge is 2.13. The second kappa shape index (κ2) is 5.45. The molecule has 0 saturated heterocycles. The molecule has 6 heteroatoms. The van der Waals surface area contributed by atoms with Gasteiger partial charge in [-0.2, -0.15) is 0 Å². The van der Waals surface area contributed by atoms with Crippen LogP contribution in [-0.2, 0) is 0 Å². The summed E-state index contributed by atoms with van der Waals surface area (Å²) in [7, 11) is 0. The number of hydrogen-bond acceptors (Lipinski definition) is 3. The maximum absolute atomic E-state index is 13.5. The van der Waals surface area contributed by atoms with Crippen LogP contribution in [0.2, 0.25) is 0 Å². The lowest BCUT2D eigenvalue weighted by atomic mass is 10.1. The molecule has 0 aliphatic carbocycles. The lowest BCUT2D eigenvalue weighted by Crippen LogP contribution is -2.14. The molecule has 0 aliphatic heterocycles. The largest absolute Gasteiger partial charge is 0.322 e. The molecule has 0 heterocycles. The van der Waals surface area contributed by atoms with Gasteiger partial charge in [-0.3, -0.25) is 15.5 Å². The van der Waals surface area contributed by atoms with Crippen LogP contribution in [0.25, 0.3) is 0 Å². The number of halogens is 2. The number of amides is 1. The molecule has 0 fully saturated rings. The highest BCUT2D eigenvalue weighted by atomic mass is 19.1. The van der Waals surface area contributed by atoms with Gasteiger partial charge in [0.15, 0.2) is 0 Å². The normalized spacial score (nSPS) is 10.1. The van der Waals surface area contributed by atoms with Gasteiger partial charge in [-0.05, 0) is 36.4 Å². The van der Waals surface area contributed by atoms with Crippen LogP contribution in [0.5, 0.6) is 0 Å². The SMILES string of the molecule is O=C(Nc1cccc(F)c1)c1cc(NO)ccc1F. The topological polar surface area (TPSA) is 61.4 Å². The van der Waals surface area contributed by atoms with E-state index in [9.17, 15) is 13.6 Å². The number of rotatable bonds is 3. The number of anilines is 2. The number of carbonyl (C=O) groups excluding carboxylic acids is 1. The number of hydrogen-bond donors (Lipinski definition) is 3. The number of nitrogens with one attached hydrogen (secondary N) is 2. The molecule has 0 unspecified atom stereocenters. The van der Waals surface area contributed by atoms with Crippen molar-refractivity contribution >= 4 is 17.3 Å². The Morgan fingerprint density at radius 1 is 1.05 bits per heavy atom. The van der Waals surface area contributed by atoms with E-state index in [1.54, 1.807) is 0 Å². The van der Waals surface area contributed by atoms with Crippen molar-refractivity contribution in [2.24, 2.45) is 0 Å². The molecular formula is C13H10F2N2O2. The van der Waals surface area contributed by atoms with Crippen molar-refractivity contribution < 1.29 is 18.8 Å². The van der Waals surface area contributed by atoms with Crippen molar-refractivity contribution in [3.8, 4) is 0 Å². The molecule has 0 atom stereocenters. The fourth-order valence-corrected chi connectivity index (χ4v) is 1.53. The zero-order valence-electron chi connectivity index (χ0n) is 9.65. The van der Waals surface area contributed by atoms with E-state index >= 15 is 0 Å². The van der Waals surface area contributed by atoms with E-state index in [0.29, 0.717) is 0 Å². The van der Waals surface area contributed by atoms with Crippen molar-refractivity contribution in [2.45, 2.75) is 0 Å². The highest BCUT2D eigenvalue weighted by Crippen LogP contribution is 2.17. The summed E-state index contributed by atoms with van der Waals surface area (Å²) < 4.78 is 26.4. The zero-order valence-corrected chi connectivity index (χ0v) is 9.65. The van der Waals surface area contributed by atoms with Gasteiger partial charge < -0.3 is 5.32 Å². The van der Waals surface area contributed by atoms with E-state index in [4.69, 9.17) is 5.21 Å². The van der Waals surface area contributed by atoms with Crippen LogP contribution in [0.4, 0.5) is 20.2 Å². The zero-order chi connectivity index (χ0) is 13.8. The van der Waals surface area contributed by atoms with Crippen LogP contribution in [-0.4, -0.2) is 11.1 Å². The Labute approximate surface area is 107 Å². The van der Waals surface area contributed by atoms with Crippen molar-refractivity contribution in [3.63, 3.8) is 0 Å². The molecule has 0 saturated carbocycles. The summed E-state index contributed by atoms with van der Waals surface area (Å²) in [5, 5.41) is 11.1. The molecule has 2 rings (SSSR count). The Morgan fingerprint density at radius 3 is 2.53 bits per heavy atom. The molecule has 2 aromatic carbocycles. The van der Waals surface area contributed by atoms with Crippen molar-refractivity contribution in [1.82, 2.24) is 0 Å². The van der Waals surface area contributed by atoms with E-state index in [2.05, 4.69) is 5.32 Å². The molecule has 19 heavy (non-hydrogen) atoms. The van der Waals surface area contributed by atoms with Crippen LogP contribution in [0.15, 0.2) is 42.5 Å². The van der Waals surface area contributed by atoms with E-state index in [-0.39, 0.29) is 16.9 Å². The van der Waals surface area contributed by atoms with Gasteiger partial charge >= 0.3 is 0 Å². The second-order valence-electron chi connectivity index (χ2n) is 3.77. The molecule has 4 nitrogen and oxygen atoms in total. The minimum absolute atomic E-state index is 0.172. The average Bonchev–Trinajstić information content (AvgIpc) is 2.39. The monoisotopic (exact) mass is 264 g/mol. The van der Waals surface area contributed by atoms with Gasteiger partial charge in [-0.15, -0.1) is 0 Å². The summed E-state index contributed by atoms with van der Waals surface area (Å²) in [5.74, 6) is -1.99. The standard InChI is InChI=1S/C13H10F2N2O2/c14-8-2-1-3-9(6-8)16-13(18)11-7-10(17-19)4-5-12(11)15/h1-7,17,19H,(H,16,18). The summed E-state index contributed by atoms with van der Waals surface area (Å²) in [6.07, 6.45) is 0. The Balaban J connectivity index is 2.25. The van der Waals surface area contributed by atoms with Gasteiger partial charge in [0.1, 0.15) is 11.6 Å². The predicted molar refractivity (Wildman–Crippen MR) is 66.2 cm³/mol. The summed E-state index contributed by atoms with van der Waals surface area (Å²) in [6, 6.07) is 8.70. The first-order chi connectivity index (χ1) is 9.10. The van der Waals surface area contributed by atoms with Gasteiger partial charge in [0.2, 0.25) is 0 Å². The van der Waals surface area contributed by atoms with Crippen LogP contribution in [0, 0.1) is 11.6 Å². The lowest BCUT2D eigenvalue weighted by molar-refractivity contribution is 0.102. The first-order valence-corrected chi connectivity index (χ1v) is 5.37. The summed E-state index contributed by atoms with van der Waals surface area (Å²) >= 11 is 0. The fourth-order valence-electron chi connectivity index (χ4n) is 1.53. The van der Waals surface area contributed by atoms with Crippen LogP contribution < -0.4 is 10.8 Å². The van der Waals surface area contributed by atoms with Crippen LogP contribution in [0.1, 0.15) is 10.4 Å². The molecule has 0 radical (unpaired) electrons. The van der Waals surface area contributed by atoms with E-state index in [0.717, 1.165) is 18.2 Å². The van der Waals surface area contributed by atoms with E-state index < -0.39 is 17.5 Å². The summed E-state index contributed by atoms with van der Waals surface area (Å²) in [5.41, 5.74) is 1.94. The first kappa shape index (κ1) is 13.0. The fraction of sp³-hybridized carbons (Fsp3) is 0. The maximum Gasteiger partial charge on any atom is 0.258 e. The second-order valence-corrected chi connectivity index (χ2v) is 3.77. The van der Waals surface area contributed by atoms with E-state index in [1.807, 2.05) is 5.48 Å². The predicted octanol–water partition coefficient (Wildman–Crippen LogP) is 3.02. The van der Waals surface area contributed by atoms with Gasteiger partial charge in [-0.25, -0.2) is 8.78 Å². The van der Waals surface area contributed by atoms with Gasteiger partial charge in [0.25, 0.3) is 5.91 Å². The Morgan fingerprint density at radius 2 is 1.84 bits per heavy atom. The van der Waals surface area contributed by atoms with Crippen molar-refractivity contribution in [3.05, 3.63) is 59.7 Å². The summed E-state index contributed by atoms with van der Waals surface area (Å²) in [6.45, 7) is 0. The van der Waals surface area contributed by atoms with Gasteiger partial charge in [-0.1, -0.05) is 6.07 Å².